The number of benzene rings is 1. The Morgan fingerprint density at radius 3 is 2.92 bits per heavy atom. The van der Waals surface area contributed by atoms with E-state index < -0.39 is 0 Å². The van der Waals surface area contributed by atoms with E-state index in [9.17, 15) is 4.39 Å². The molecule has 4 heteroatoms. The minimum Gasteiger partial charge on any atom is -0.493 e. The highest BCUT2D eigenvalue weighted by atomic mass is 35.5. The molecule has 1 aromatic rings. The second-order valence-corrected chi connectivity index (χ2v) is 2.90. The van der Waals surface area contributed by atoms with Crippen molar-refractivity contribution in [2.45, 2.75) is 12.5 Å². The van der Waals surface area contributed by atoms with Crippen LogP contribution in [0.1, 0.15) is 18.0 Å². The van der Waals surface area contributed by atoms with Crippen LogP contribution in [-0.4, -0.2) is 6.61 Å². The molecule has 0 aliphatic carbocycles. The Morgan fingerprint density at radius 1 is 1.46 bits per heavy atom. The minimum atomic E-state index is -0.264. The summed E-state index contributed by atoms with van der Waals surface area (Å²) in [5.74, 6) is 0.327. The summed E-state index contributed by atoms with van der Waals surface area (Å²) in [6.07, 6.45) is 0.688. The number of ether oxygens (including phenoxy) is 1. The van der Waals surface area contributed by atoms with Gasteiger partial charge in [-0.3, -0.25) is 0 Å². The van der Waals surface area contributed by atoms with Crippen molar-refractivity contribution in [3.63, 3.8) is 0 Å². The van der Waals surface area contributed by atoms with Gasteiger partial charge in [0.15, 0.2) is 0 Å². The van der Waals surface area contributed by atoms with Gasteiger partial charge in [0.1, 0.15) is 11.6 Å². The highest BCUT2D eigenvalue weighted by molar-refractivity contribution is 5.85. The van der Waals surface area contributed by atoms with Crippen molar-refractivity contribution < 1.29 is 9.13 Å². The first kappa shape index (κ1) is 10.3. The molecule has 0 aromatic heterocycles. The molecule has 2 N–H and O–H groups in total. The molecule has 0 bridgehead atoms. The second kappa shape index (κ2) is 3.94. The molecule has 0 saturated carbocycles. The van der Waals surface area contributed by atoms with Gasteiger partial charge in [0, 0.05) is 18.0 Å². The van der Waals surface area contributed by atoms with E-state index in [0.717, 1.165) is 0 Å². The van der Waals surface area contributed by atoms with Gasteiger partial charge >= 0.3 is 0 Å². The fraction of sp³-hybridized carbons (Fsp3) is 0.333. The lowest BCUT2D eigenvalue weighted by molar-refractivity contribution is 0.264. The molecular formula is C9H11ClFNO. The quantitative estimate of drug-likeness (QED) is 0.700. The average Bonchev–Trinajstić information content (AvgIpc) is 2.04. The first-order valence-corrected chi connectivity index (χ1v) is 3.96. The smallest absolute Gasteiger partial charge is 0.131 e. The highest BCUT2D eigenvalue weighted by Crippen LogP contribution is 2.31. The molecule has 0 spiro atoms. The van der Waals surface area contributed by atoms with Gasteiger partial charge in [0.2, 0.25) is 0 Å². The molecule has 0 fully saturated rings. The lowest BCUT2D eigenvalue weighted by atomic mass is 10.0. The molecule has 2 rings (SSSR count). The molecule has 0 radical (unpaired) electrons. The van der Waals surface area contributed by atoms with Gasteiger partial charge in [-0.1, -0.05) is 6.07 Å². The number of nitrogens with two attached hydrogens (primary N) is 1. The third-order valence-electron chi connectivity index (χ3n) is 2.07. The van der Waals surface area contributed by atoms with E-state index in [2.05, 4.69) is 0 Å². The van der Waals surface area contributed by atoms with Crippen molar-refractivity contribution in [2.75, 3.05) is 6.61 Å². The second-order valence-electron chi connectivity index (χ2n) is 2.90. The van der Waals surface area contributed by atoms with Crippen molar-refractivity contribution in [1.82, 2.24) is 0 Å². The Bertz CT molecular complexity index is 306. The average molecular weight is 204 g/mol. The molecule has 2 nitrogen and oxygen atoms in total. The Hall–Kier alpha value is -0.800. The van der Waals surface area contributed by atoms with Gasteiger partial charge in [-0.15, -0.1) is 12.4 Å². The van der Waals surface area contributed by atoms with Crippen molar-refractivity contribution >= 4 is 12.4 Å². The van der Waals surface area contributed by atoms with Gasteiger partial charge in [-0.05, 0) is 12.1 Å². The molecule has 72 valence electrons. The number of hydrogen-bond donors (Lipinski definition) is 1. The van der Waals surface area contributed by atoms with Gasteiger partial charge in [0.25, 0.3) is 0 Å². The van der Waals surface area contributed by atoms with Crippen LogP contribution in [0.2, 0.25) is 0 Å². The monoisotopic (exact) mass is 203 g/mol. The maximum Gasteiger partial charge on any atom is 0.131 e. The molecule has 0 saturated heterocycles. The molecule has 13 heavy (non-hydrogen) atoms. The van der Waals surface area contributed by atoms with Crippen LogP contribution >= 0.6 is 12.4 Å². The van der Waals surface area contributed by atoms with E-state index in [1.54, 1.807) is 12.1 Å². The molecule has 0 amide bonds. The summed E-state index contributed by atoms with van der Waals surface area (Å²) in [7, 11) is 0. The standard InChI is InChI=1S/C9H10FNO.ClH/c10-6-2-1-3-8-9(6)7(11)4-5-12-8;/h1-3,7H,4-5,11H2;1H. The van der Waals surface area contributed by atoms with E-state index in [1.807, 2.05) is 0 Å². The fourth-order valence-electron chi connectivity index (χ4n) is 1.44. The summed E-state index contributed by atoms with van der Waals surface area (Å²) < 4.78 is 18.4. The summed E-state index contributed by atoms with van der Waals surface area (Å²) >= 11 is 0. The highest BCUT2D eigenvalue weighted by Gasteiger charge is 2.21. The first-order valence-electron chi connectivity index (χ1n) is 3.96. The molecule has 1 unspecified atom stereocenters. The van der Waals surface area contributed by atoms with Crippen molar-refractivity contribution in [3.8, 4) is 5.75 Å². The van der Waals surface area contributed by atoms with E-state index in [-0.39, 0.29) is 24.3 Å². The Kier molecular flexibility index (Phi) is 3.12. The molecule has 1 atom stereocenters. The van der Waals surface area contributed by atoms with Gasteiger partial charge in [-0.25, -0.2) is 4.39 Å². The van der Waals surface area contributed by atoms with Gasteiger partial charge in [-0.2, -0.15) is 0 Å². The predicted octanol–water partition coefficient (Wildman–Crippen LogP) is 2.03. The van der Waals surface area contributed by atoms with E-state index in [4.69, 9.17) is 10.5 Å². The molecule has 1 aliphatic heterocycles. The largest absolute Gasteiger partial charge is 0.493 e. The van der Waals surface area contributed by atoms with E-state index in [1.165, 1.54) is 6.07 Å². The lowest BCUT2D eigenvalue weighted by Crippen LogP contribution is -2.21. The van der Waals surface area contributed by atoms with Crippen LogP contribution in [-0.2, 0) is 0 Å². The van der Waals surface area contributed by atoms with Crippen LogP contribution in [0, 0.1) is 5.82 Å². The van der Waals surface area contributed by atoms with Gasteiger partial charge in [0.05, 0.1) is 6.61 Å². The SMILES string of the molecule is Cl.NC1CCOc2cccc(F)c21. The lowest BCUT2D eigenvalue weighted by Gasteiger charge is -2.22. The summed E-state index contributed by atoms with van der Waals surface area (Å²) in [6.45, 7) is 0.581. The van der Waals surface area contributed by atoms with Crippen molar-refractivity contribution in [3.05, 3.63) is 29.6 Å². The zero-order valence-corrected chi connectivity index (χ0v) is 7.81. The minimum absolute atomic E-state index is 0. The Morgan fingerprint density at radius 2 is 2.23 bits per heavy atom. The van der Waals surface area contributed by atoms with E-state index in [0.29, 0.717) is 24.3 Å². The van der Waals surface area contributed by atoms with Crippen molar-refractivity contribution in [1.29, 1.82) is 0 Å². The van der Waals surface area contributed by atoms with E-state index >= 15 is 0 Å². The third kappa shape index (κ3) is 1.76. The summed E-state index contributed by atoms with van der Waals surface area (Å²) in [4.78, 5) is 0. The fourth-order valence-corrected chi connectivity index (χ4v) is 1.44. The summed E-state index contributed by atoms with van der Waals surface area (Å²) in [5, 5.41) is 0. The number of halogens is 2. The number of rotatable bonds is 0. The Balaban J connectivity index is 0.000000845. The number of hydrogen-bond acceptors (Lipinski definition) is 2. The molecular weight excluding hydrogens is 193 g/mol. The van der Waals surface area contributed by atoms with Crippen LogP contribution in [0.25, 0.3) is 0 Å². The zero-order chi connectivity index (χ0) is 8.55. The third-order valence-corrected chi connectivity index (χ3v) is 2.07. The van der Waals surface area contributed by atoms with Gasteiger partial charge < -0.3 is 10.5 Å². The predicted molar refractivity (Wildman–Crippen MR) is 50.7 cm³/mol. The summed E-state index contributed by atoms with van der Waals surface area (Å²) in [6, 6.07) is 4.58. The van der Waals surface area contributed by atoms with Crippen LogP contribution in [0.5, 0.6) is 5.75 Å². The van der Waals surface area contributed by atoms with Crippen LogP contribution in [0.3, 0.4) is 0 Å². The van der Waals surface area contributed by atoms with Crippen LogP contribution < -0.4 is 10.5 Å². The topological polar surface area (TPSA) is 35.2 Å². The summed E-state index contributed by atoms with van der Waals surface area (Å²) in [5.41, 5.74) is 6.24. The zero-order valence-electron chi connectivity index (χ0n) is 7.00. The van der Waals surface area contributed by atoms with Crippen LogP contribution in [0.15, 0.2) is 18.2 Å². The molecule has 1 aliphatic rings. The van der Waals surface area contributed by atoms with Crippen molar-refractivity contribution in [2.24, 2.45) is 5.73 Å². The molecule has 1 aromatic carbocycles. The Labute approximate surface area is 82.3 Å². The maximum absolute atomic E-state index is 13.2. The molecule has 1 heterocycles. The normalized spacial score (nSPS) is 19.7. The van der Waals surface area contributed by atoms with Crippen LogP contribution in [0.4, 0.5) is 4.39 Å². The maximum atomic E-state index is 13.2. The first-order chi connectivity index (χ1) is 5.79. The number of fused-ring (bicyclic) bond motifs is 1.